The van der Waals surface area contributed by atoms with Gasteiger partial charge in [0.15, 0.2) is 0 Å². The molecule has 2 unspecified atom stereocenters. The molecule has 2 rings (SSSR count). The van der Waals surface area contributed by atoms with Crippen molar-refractivity contribution in [2.75, 3.05) is 0 Å². The lowest BCUT2D eigenvalue weighted by Gasteiger charge is -2.28. The molecule has 0 saturated carbocycles. The lowest BCUT2D eigenvalue weighted by atomic mass is 9.78. The number of hydrogen-bond acceptors (Lipinski definition) is 0. The van der Waals surface area contributed by atoms with E-state index in [1.54, 1.807) is 0 Å². The Hall–Kier alpha value is -0.520. The molecule has 0 heteroatoms. The molecule has 0 aliphatic heterocycles. The number of fused-ring (bicyclic) bond motifs is 1. The molecular weight excluding hydrogens is 168 g/mol. The van der Waals surface area contributed by atoms with Crippen LogP contribution in [0.15, 0.2) is 24.3 Å². The lowest BCUT2D eigenvalue weighted by Crippen LogP contribution is -2.16. The summed E-state index contributed by atoms with van der Waals surface area (Å²) in [5, 5.41) is 0. The van der Waals surface area contributed by atoms with Gasteiger partial charge in [-0.1, -0.05) is 24.3 Å². The summed E-state index contributed by atoms with van der Waals surface area (Å²) in [4.78, 5) is 0. The Morgan fingerprint density at radius 1 is 0.714 bits per heavy atom. The molecule has 0 aromatic carbocycles. The van der Waals surface area contributed by atoms with E-state index in [-0.39, 0.29) is 0 Å². The van der Waals surface area contributed by atoms with Crippen LogP contribution < -0.4 is 0 Å². The van der Waals surface area contributed by atoms with Crippen LogP contribution in [0, 0.1) is 11.8 Å². The van der Waals surface area contributed by atoms with Gasteiger partial charge in [-0.05, 0) is 63.2 Å². The smallest absolute Gasteiger partial charge is 0.0205 e. The van der Waals surface area contributed by atoms with Gasteiger partial charge in [0.2, 0.25) is 0 Å². The van der Waals surface area contributed by atoms with Gasteiger partial charge in [0.05, 0.1) is 0 Å². The standard InChI is InChI=1S/C14H22/c1-2-4-6-10-14-12-8-7-11-13(14)9-5-3-1/h1-2,7,11,13-14H,3-6,8-10,12H2/b2-1-. The van der Waals surface area contributed by atoms with E-state index in [1.165, 1.54) is 51.4 Å². The van der Waals surface area contributed by atoms with Gasteiger partial charge in [0.1, 0.15) is 0 Å². The van der Waals surface area contributed by atoms with Gasteiger partial charge < -0.3 is 0 Å². The van der Waals surface area contributed by atoms with E-state index in [1.807, 2.05) is 0 Å². The third-order valence-corrected chi connectivity index (χ3v) is 3.71. The van der Waals surface area contributed by atoms with Crippen LogP contribution in [-0.2, 0) is 0 Å². The quantitative estimate of drug-likeness (QED) is 0.494. The molecule has 0 N–H and O–H groups in total. The Morgan fingerprint density at radius 2 is 1.50 bits per heavy atom. The van der Waals surface area contributed by atoms with Crippen LogP contribution in [0.1, 0.15) is 51.4 Å². The second-order valence-corrected chi connectivity index (χ2v) is 4.76. The fourth-order valence-electron chi connectivity index (χ4n) is 2.85. The van der Waals surface area contributed by atoms with E-state index in [9.17, 15) is 0 Å². The van der Waals surface area contributed by atoms with Crippen LogP contribution >= 0.6 is 0 Å². The predicted molar refractivity (Wildman–Crippen MR) is 62.2 cm³/mol. The van der Waals surface area contributed by atoms with Gasteiger partial charge in [-0.15, -0.1) is 0 Å². The van der Waals surface area contributed by atoms with Crippen molar-refractivity contribution in [1.82, 2.24) is 0 Å². The molecule has 0 bridgehead atoms. The zero-order chi connectivity index (χ0) is 9.64. The molecule has 78 valence electrons. The molecule has 0 spiro atoms. The summed E-state index contributed by atoms with van der Waals surface area (Å²) in [6.07, 6.45) is 20.7. The SMILES string of the molecule is C1=CC2CCC/C=C\CCCC2CC1. The van der Waals surface area contributed by atoms with Crippen molar-refractivity contribution in [2.24, 2.45) is 11.8 Å². The molecule has 0 amide bonds. The van der Waals surface area contributed by atoms with Crippen LogP contribution in [-0.4, -0.2) is 0 Å². The van der Waals surface area contributed by atoms with Gasteiger partial charge in [-0.25, -0.2) is 0 Å². The zero-order valence-corrected chi connectivity index (χ0v) is 9.12. The van der Waals surface area contributed by atoms with Gasteiger partial charge in [0.25, 0.3) is 0 Å². The van der Waals surface area contributed by atoms with Crippen molar-refractivity contribution in [3.8, 4) is 0 Å². The lowest BCUT2D eigenvalue weighted by molar-refractivity contribution is 0.306. The Labute approximate surface area is 88.1 Å². The second-order valence-electron chi connectivity index (χ2n) is 4.76. The summed E-state index contributed by atoms with van der Waals surface area (Å²) in [5.41, 5.74) is 0. The van der Waals surface area contributed by atoms with Crippen LogP contribution in [0.5, 0.6) is 0 Å². The molecule has 2 aliphatic rings. The first-order valence-corrected chi connectivity index (χ1v) is 6.28. The molecule has 2 atom stereocenters. The molecule has 0 aromatic heterocycles. The van der Waals surface area contributed by atoms with Crippen LogP contribution in [0.2, 0.25) is 0 Å². The van der Waals surface area contributed by atoms with Gasteiger partial charge in [0, 0.05) is 0 Å². The molecule has 14 heavy (non-hydrogen) atoms. The van der Waals surface area contributed by atoms with Crippen molar-refractivity contribution < 1.29 is 0 Å². The highest BCUT2D eigenvalue weighted by molar-refractivity contribution is 4.98. The Bertz CT molecular complexity index is 212. The minimum Gasteiger partial charge on any atom is -0.0885 e. The molecule has 2 aliphatic carbocycles. The first kappa shape index (κ1) is 10.0. The largest absolute Gasteiger partial charge is 0.0885 e. The summed E-state index contributed by atoms with van der Waals surface area (Å²) in [6, 6.07) is 0. The van der Waals surface area contributed by atoms with E-state index in [4.69, 9.17) is 0 Å². The highest BCUT2D eigenvalue weighted by Gasteiger charge is 2.20. The Kier molecular flexibility index (Phi) is 3.85. The molecule has 0 saturated heterocycles. The van der Waals surface area contributed by atoms with E-state index in [0.29, 0.717) is 0 Å². The van der Waals surface area contributed by atoms with E-state index in [2.05, 4.69) is 24.3 Å². The molecule has 0 fully saturated rings. The summed E-state index contributed by atoms with van der Waals surface area (Å²) < 4.78 is 0. The zero-order valence-electron chi connectivity index (χ0n) is 9.12. The Morgan fingerprint density at radius 3 is 2.36 bits per heavy atom. The van der Waals surface area contributed by atoms with Crippen LogP contribution in [0.25, 0.3) is 0 Å². The number of rotatable bonds is 0. The first-order chi connectivity index (χ1) is 6.97. The number of allylic oxidation sites excluding steroid dienone is 4. The first-order valence-electron chi connectivity index (χ1n) is 6.28. The van der Waals surface area contributed by atoms with Crippen molar-refractivity contribution in [1.29, 1.82) is 0 Å². The van der Waals surface area contributed by atoms with Crippen molar-refractivity contribution in [3.05, 3.63) is 24.3 Å². The fraction of sp³-hybridized carbons (Fsp3) is 0.714. The average Bonchev–Trinajstić information content (AvgIpc) is 2.25. The summed E-state index contributed by atoms with van der Waals surface area (Å²) in [7, 11) is 0. The summed E-state index contributed by atoms with van der Waals surface area (Å²) >= 11 is 0. The normalized spacial score (nSPS) is 36.0. The topological polar surface area (TPSA) is 0 Å². The highest BCUT2D eigenvalue weighted by Crippen LogP contribution is 2.33. The minimum absolute atomic E-state index is 0.912. The summed E-state index contributed by atoms with van der Waals surface area (Å²) in [5.74, 6) is 1.92. The molecule has 0 heterocycles. The minimum atomic E-state index is 0.912. The highest BCUT2D eigenvalue weighted by atomic mass is 14.3. The van der Waals surface area contributed by atoms with Crippen molar-refractivity contribution in [2.45, 2.75) is 51.4 Å². The predicted octanol–water partition coefficient (Wildman–Crippen LogP) is 4.48. The summed E-state index contributed by atoms with van der Waals surface area (Å²) in [6.45, 7) is 0. The van der Waals surface area contributed by atoms with Gasteiger partial charge in [-0.3, -0.25) is 0 Å². The van der Waals surface area contributed by atoms with E-state index in [0.717, 1.165) is 11.8 Å². The monoisotopic (exact) mass is 190 g/mol. The fourth-order valence-corrected chi connectivity index (χ4v) is 2.85. The Balaban J connectivity index is 1.95. The molecular formula is C14H22. The molecule has 0 radical (unpaired) electrons. The van der Waals surface area contributed by atoms with Crippen LogP contribution in [0.4, 0.5) is 0 Å². The average molecular weight is 190 g/mol. The van der Waals surface area contributed by atoms with Gasteiger partial charge in [-0.2, -0.15) is 0 Å². The van der Waals surface area contributed by atoms with Crippen molar-refractivity contribution in [3.63, 3.8) is 0 Å². The van der Waals surface area contributed by atoms with E-state index < -0.39 is 0 Å². The maximum Gasteiger partial charge on any atom is -0.0205 e. The van der Waals surface area contributed by atoms with E-state index >= 15 is 0 Å². The maximum absolute atomic E-state index is 2.50. The second kappa shape index (κ2) is 5.38. The van der Waals surface area contributed by atoms with Crippen molar-refractivity contribution >= 4 is 0 Å². The van der Waals surface area contributed by atoms with Gasteiger partial charge >= 0.3 is 0 Å². The third-order valence-electron chi connectivity index (χ3n) is 3.71. The molecule has 0 aromatic rings. The maximum atomic E-state index is 2.50. The number of hydrogen-bond donors (Lipinski definition) is 0. The third kappa shape index (κ3) is 2.73. The van der Waals surface area contributed by atoms with Crippen LogP contribution in [0.3, 0.4) is 0 Å². The molecule has 0 nitrogen and oxygen atoms in total.